The molecule has 5 heteroatoms. The Labute approximate surface area is 179 Å². The number of fused-ring (bicyclic) bond motifs is 1. The number of hydrogen-bond donors (Lipinski definition) is 0. The quantitative estimate of drug-likeness (QED) is 0.238. The lowest BCUT2D eigenvalue weighted by Crippen LogP contribution is -1.90. The van der Waals surface area contributed by atoms with Gasteiger partial charge in [0.05, 0.1) is 5.39 Å². The van der Waals surface area contributed by atoms with Gasteiger partial charge in [0.15, 0.2) is 0 Å². The SMILES string of the molecule is CCc1sc2ncnc(SCc3cccc(F)c3)c2c1-c1ccc(C(C)C)cc1. The Morgan fingerprint density at radius 1 is 1.07 bits per heavy atom. The smallest absolute Gasteiger partial charge is 0.128 e. The van der Waals surface area contributed by atoms with Crippen LogP contribution in [0.4, 0.5) is 4.39 Å². The van der Waals surface area contributed by atoms with Gasteiger partial charge in [0.1, 0.15) is 22.0 Å². The molecule has 0 aliphatic heterocycles. The summed E-state index contributed by atoms with van der Waals surface area (Å²) >= 11 is 3.38. The Hall–Kier alpha value is -2.24. The van der Waals surface area contributed by atoms with Gasteiger partial charge in [-0.25, -0.2) is 14.4 Å². The molecule has 0 saturated heterocycles. The monoisotopic (exact) mass is 422 g/mol. The van der Waals surface area contributed by atoms with Gasteiger partial charge in [-0.2, -0.15) is 0 Å². The van der Waals surface area contributed by atoms with E-state index in [0.717, 1.165) is 27.2 Å². The van der Waals surface area contributed by atoms with Gasteiger partial charge in [-0.1, -0.05) is 57.2 Å². The Kier molecular flexibility index (Phi) is 5.97. The molecular formula is C24H23FN2S2. The van der Waals surface area contributed by atoms with Gasteiger partial charge in [0.25, 0.3) is 0 Å². The van der Waals surface area contributed by atoms with Gasteiger partial charge in [-0.15, -0.1) is 23.1 Å². The Morgan fingerprint density at radius 3 is 2.55 bits per heavy atom. The van der Waals surface area contributed by atoms with Crippen LogP contribution in [0, 0.1) is 5.82 Å². The number of thiophene rings is 1. The maximum absolute atomic E-state index is 13.5. The molecule has 2 aromatic carbocycles. The number of aryl methyl sites for hydroxylation is 1. The highest BCUT2D eigenvalue weighted by Gasteiger charge is 2.18. The molecule has 4 rings (SSSR count). The maximum Gasteiger partial charge on any atom is 0.128 e. The summed E-state index contributed by atoms with van der Waals surface area (Å²) in [5, 5.41) is 2.08. The predicted molar refractivity (Wildman–Crippen MR) is 122 cm³/mol. The lowest BCUT2D eigenvalue weighted by Gasteiger charge is -2.10. The standard InChI is InChI=1S/C24H23FN2S2/c1-4-20-21(18-10-8-17(9-11-18)15(2)3)22-23(26-14-27-24(22)29-20)28-13-16-6-5-7-19(25)12-16/h5-12,14-15H,4,13H2,1-3H3. The van der Waals surface area contributed by atoms with Crippen molar-refractivity contribution in [2.75, 3.05) is 0 Å². The van der Waals surface area contributed by atoms with Gasteiger partial charge >= 0.3 is 0 Å². The van der Waals surface area contributed by atoms with Crippen LogP contribution in [0.15, 0.2) is 59.9 Å². The molecule has 0 bridgehead atoms. The van der Waals surface area contributed by atoms with E-state index in [4.69, 9.17) is 0 Å². The Balaban J connectivity index is 1.77. The molecule has 0 unspecified atom stereocenters. The predicted octanol–water partition coefficient (Wildman–Crippen LogP) is 7.48. The number of hydrogen-bond acceptors (Lipinski definition) is 4. The molecule has 0 atom stereocenters. The summed E-state index contributed by atoms with van der Waals surface area (Å²) in [4.78, 5) is 11.5. The molecular weight excluding hydrogens is 399 g/mol. The minimum Gasteiger partial charge on any atom is -0.229 e. The second-order valence-electron chi connectivity index (χ2n) is 7.31. The average molecular weight is 423 g/mol. The van der Waals surface area contributed by atoms with E-state index in [1.807, 2.05) is 6.07 Å². The van der Waals surface area contributed by atoms with Crippen molar-refractivity contribution in [1.29, 1.82) is 0 Å². The highest BCUT2D eigenvalue weighted by molar-refractivity contribution is 7.98. The van der Waals surface area contributed by atoms with Gasteiger partial charge in [-0.3, -0.25) is 0 Å². The zero-order valence-corrected chi connectivity index (χ0v) is 18.4. The summed E-state index contributed by atoms with van der Waals surface area (Å²) in [6, 6.07) is 15.6. The van der Waals surface area contributed by atoms with Gasteiger partial charge in [0, 0.05) is 16.2 Å². The topological polar surface area (TPSA) is 25.8 Å². The van der Waals surface area contributed by atoms with Crippen LogP contribution >= 0.6 is 23.1 Å². The molecule has 0 spiro atoms. The number of aromatic nitrogens is 2. The molecule has 0 radical (unpaired) electrons. The third-order valence-corrected chi connectivity index (χ3v) is 7.28. The summed E-state index contributed by atoms with van der Waals surface area (Å²) in [7, 11) is 0. The van der Waals surface area contributed by atoms with Crippen molar-refractivity contribution in [2.24, 2.45) is 0 Å². The largest absolute Gasteiger partial charge is 0.229 e. The highest BCUT2D eigenvalue weighted by Crippen LogP contribution is 2.42. The fraction of sp³-hybridized carbons (Fsp3) is 0.250. The van der Waals surface area contributed by atoms with Crippen LogP contribution in [-0.2, 0) is 12.2 Å². The van der Waals surface area contributed by atoms with Crippen molar-refractivity contribution >= 4 is 33.3 Å². The summed E-state index contributed by atoms with van der Waals surface area (Å²) in [5.41, 5.74) is 4.74. The van der Waals surface area contributed by atoms with E-state index in [0.29, 0.717) is 11.7 Å². The minimum absolute atomic E-state index is 0.203. The fourth-order valence-corrected chi connectivity index (χ4v) is 5.54. The summed E-state index contributed by atoms with van der Waals surface area (Å²) in [5.74, 6) is 0.979. The molecule has 148 valence electrons. The summed E-state index contributed by atoms with van der Waals surface area (Å²) in [6.07, 6.45) is 2.59. The molecule has 0 fully saturated rings. The average Bonchev–Trinajstić information content (AvgIpc) is 3.11. The van der Waals surface area contributed by atoms with Crippen molar-refractivity contribution in [3.8, 4) is 11.1 Å². The molecule has 29 heavy (non-hydrogen) atoms. The van der Waals surface area contributed by atoms with Crippen molar-refractivity contribution in [3.05, 3.63) is 76.7 Å². The lowest BCUT2D eigenvalue weighted by molar-refractivity contribution is 0.626. The third-order valence-electron chi connectivity index (χ3n) is 4.98. The first-order valence-electron chi connectivity index (χ1n) is 9.80. The van der Waals surface area contributed by atoms with Crippen molar-refractivity contribution in [2.45, 2.75) is 43.9 Å². The maximum atomic E-state index is 13.5. The van der Waals surface area contributed by atoms with Crippen molar-refractivity contribution < 1.29 is 4.39 Å². The molecule has 4 aromatic rings. The fourth-order valence-electron chi connectivity index (χ4n) is 3.43. The van der Waals surface area contributed by atoms with E-state index >= 15 is 0 Å². The molecule has 0 amide bonds. The molecule has 2 heterocycles. The van der Waals surface area contributed by atoms with Crippen molar-refractivity contribution in [1.82, 2.24) is 9.97 Å². The molecule has 0 aliphatic rings. The van der Waals surface area contributed by atoms with E-state index in [2.05, 4.69) is 55.0 Å². The van der Waals surface area contributed by atoms with Crippen LogP contribution < -0.4 is 0 Å². The number of nitrogens with zero attached hydrogens (tertiary/aromatic N) is 2. The van der Waals surface area contributed by atoms with Crippen LogP contribution in [-0.4, -0.2) is 9.97 Å². The van der Waals surface area contributed by atoms with Gasteiger partial charge in [0.2, 0.25) is 0 Å². The Bertz CT molecular complexity index is 1130. The zero-order chi connectivity index (χ0) is 20.4. The number of halogens is 1. The van der Waals surface area contributed by atoms with Crippen LogP contribution in [0.1, 0.15) is 42.7 Å². The minimum atomic E-state index is -0.203. The van der Waals surface area contributed by atoms with E-state index in [9.17, 15) is 4.39 Å². The van der Waals surface area contributed by atoms with Crippen LogP contribution in [0.2, 0.25) is 0 Å². The summed E-state index contributed by atoms with van der Waals surface area (Å²) in [6.45, 7) is 6.60. The first kappa shape index (κ1) is 20.0. The van der Waals surface area contributed by atoms with E-state index in [1.165, 1.54) is 27.6 Å². The van der Waals surface area contributed by atoms with E-state index in [1.54, 1.807) is 41.6 Å². The van der Waals surface area contributed by atoms with Gasteiger partial charge < -0.3 is 0 Å². The first-order valence-corrected chi connectivity index (χ1v) is 11.6. The Morgan fingerprint density at radius 2 is 1.86 bits per heavy atom. The highest BCUT2D eigenvalue weighted by atomic mass is 32.2. The molecule has 2 aromatic heterocycles. The normalized spacial score (nSPS) is 11.5. The summed E-state index contributed by atoms with van der Waals surface area (Å²) < 4.78 is 13.5. The number of thioether (sulfide) groups is 1. The zero-order valence-electron chi connectivity index (χ0n) is 16.8. The first-order chi connectivity index (χ1) is 14.1. The number of rotatable bonds is 6. The van der Waals surface area contributed by atoms with Crippen LogP contribution in [0.25, 0.3) is 21.3 Å². The van der Waals surface area contributed by atoms with Crippen molar-refractivity contribution in [3.63, 3.8) is 0 Å². The third kappa shape index (κ3) is 4.21. The van der Waals surface area contributed by atoms with E-state index in [-0.39, 0.29) is 5.82 Å². The van der Waals surface area contributed by atoms with Crippen LogP contribution in [0.3, 0.4) is 0 Å². The van der Waals surface area contributed by atoms with E-state index < -0.39 is 0 Å². The molecule has 0 N–H and O–H groups in total. The second-order valence-corrected chi connectivity index (χ2v) is 9.36. The lowest BCUT2D eigenvalue weighted by atomic mass is 9.97. The molecule has 0 saturated carbocycles. The molecule has 2 nitrogen and oxygen atoms in total. The van der Waals surface area contributed by atoms with Crippen LogP contribution in [0.5, 0.6) is 0 Å². The number of benzene rings is 2. The van der Waals surface area contributed by atoms with Gasteiger partial charge in [-0.05, 0) is 41.2 Å². The second kappa shape index (κ2) is 8.64. The molecule has 0 aliphatic carbocycles.